The molecule has 10 fully saturated rings. The second-order valence-corrected chi connectivity index (χ2v) is 48.3. The molecule has 0 radical (unpaired) electrons. The summed E-state index contributed by atoms with van der Waals surface area (Å²) in [7, 11) is -3.36. The van der Waals surface area contributed by atoms with Gasteiger partial charge in [0.1, 0.15) is 0 Å². The average Bonchev–Trinajstić information content (AvgIpc) is 3.02. The van der Waals surface area contributed by atoms with Crippen molar-refractivity contribution in [1.82, 2.24) is 0 Å². The Labute approximate surface area is 73.7 Å². The van der Waals surface area contributed by atoms with Gasteiger partial charge in [-0.05, 0) is 0 Å². The van der Waals surface area contributed by atoms with Gasteiger partial charge in [-0.1, -0.05) is 0 Å². The summed E-state index contributed by atoms with van der Waals surface area (Å²) in [6.45, 7) is 0. The molecule has 0 saturated carbocycles. The van der Waals surface area contributed by atoms with Crippen LogP contribution in [-0.4, -0.2) is 6.94 Å². The minimum absolute atomic E-state index is 0.387. The van der Waals surface area contributed by atoms with E-state index in [9.17, 15) is 0 Å². The van der Waals surface area contributed by atoms with Crippen molar-refractivity contribution in [2.75, 3.05) is 0 Å². The summed E-state index contributed by atoms with van der Waals surface area (Å²) in [4.78, 5) is 0. The molecule has 3 heteroatoms. The second-order valence-electron chi connectivity index (χ2n) is 9.57. The van der Waals surface area contributed by atoms with Crippen molar-refractivity contribution in [3.8, 4) is 0 Å². The van der Waals surface area contributed by atoms with Crippen LogP contribution < -0.4 is 0 Å². The van der Waals surface area contributed by atoms with Gasteiger partial charge >= 0.3 is 74.0 Å². The van der Waals surface area contributed by atoms with Gasteiger partial charge < -0.3 is 0 Å². The molecule has 4 atom stereocenters. The summed E-state index contributed by atoms with van der Waals surface area (Å²) in [6.07, 6.45) is 0. The zero-order chi connectivity index (χ0) is 7.94. The molecule has 0 aromatic rings. The number of hydrogen-bond acceptors (Lipinski definition) is 0. The summed E-state index contributed by atoms with van der Waals surface area (Å²) < 4.78 is 10.8. The Bertz CT molecular complexity index is 822. The molecule has 10 heterocycles. The van der Waals surface area contributed by atoms with Crippen LogP contribution in [0.25, 0.3) is 0 Å². The van der Waals surface area contributed by atoms with Gasteiger partial charge in [-0.25, -0.2) is 0 Å². The fourth-order valence-corrected chi connectivity index (χ4v) is 161. The molecule has 1 spiro atoms. The Morgan fingerprint density at radius 3 is 1.08 bits per heavy atom. The van der Waals surface area contributed by atoms with E-state index in [0.29, 0.717) is 6.94 Å². The van der Waals surface area contributed by atoms with Crippen LogP contribution in [0.15, 0.2) is 0 Å². The van der Waals surface area contributed by atoms with Gasteiger partial charge in [0.2, 0.25) is 0 Å². The zero-order valence-corrected chi connectivity index (χ0v) is 9.98. The molecule has 0 aromatic carbocycles. The molecule has 10 rings (SSSR count). The third-order valence-electron chi connectivity index (χ3n) is 14.5. The summed E-state index contributed by atoms with van der Waals surface area (Å²) in [5.74, 6) is 0. The molecule has 0 N–H and O–H groups in total. The van der Waals surface area contributed by atoms with E-state index in [0.717, 1.165) is 9.02 Å². The molecule has 0 aliphatic carbocycles. The molecule has 13 heavy (non-hydrogen) atoms. The van der Waals surface area contributed by atoms with Crippen LogP contribution in [0.3, 0.4) is 0 Å². The van der Waals surface area contributed by atoms with Gasteiger partial charge in [0.25, 0.3) is 0 Å². The van der Waals surface area contributed by atoms with Crippen molar-refractivity contribution >= 4 is 23.2 Å². The first kappa shape index (κ1) is 4.60. The molecule has 0 amide bonds. The molecule has 4 unspecified atom stereocenters. The first-order valence-electron chi connectivity index (χ1n) is 5.53. The van der Waals surface area contributed by atoms with Gasteiger partial charge in [-0.2, -0.15) is 0 Å². The van der Waals surface area contributed by atoms with E-state index in [1.54, 1.807) is 0 Å². The fourth-order valence-electron chi connectivity index (χ4n) is 15.9. The van der Waals surface area contributed by atoms with Crippen molar-refractivity contribution in [2.24, 2.45) is 0 Å². The molecule has 0 bridgehead atoms. The molecular formula is C10H8Cl2Ru. The van der Waals surface area contributed by atoms with E-state index in [2.05, 4.69) is 0 Å². The maximum absolute atomic E-state index is 7.10. The van der Waals surface area contributed by atoms with Crippen LogP contribution in [0.5, 0.6) is 0 Å². The monoisotopic (exact) mass is 300 g/mol. The number of hydrogen-bond donors (Lipinski definition) is 0. The van der Waals surface area contributed by atoms with Gasteiger partial charge in [0, 0.05) is 0 Å². The Balaban J connectivity index is 2.20. The standard InChI is InChI=1S/C5H3Cl2.C5H5.Ru/c6-4-2-1-3-5(4)7;1-2-4-5-3-1;/h1-3H;1-5H;. The summed E-state index contributed by atoms with van der Waals surface area (Å²) >= 11 is 14.2. The van der Waals surface area contributed by atoms with Crippen LogP contribution in [0, 0.1) is 0 Å². The number of alkyl halides is 2. The average molecular weight is 300 g/mol. The number of halogens is 2. The normalized spacial score (nSPS) is 158. The number of fused-ring (bicyclic) bond motifs is 10. The van der Waals surface area contributed by atoms with Crippen molar-refractivity contribution in [1.29, 1.82) is 0 Å². The summed E-state index contributed by atoms with van der Waals surface area (Å²) in [6, 6.07) is 0. The van der Waals surface area contributed by atoms with Gasteiger partial charge in [0.15, 0.2) is 0 Å². The van der Waals surface area contributed by atoms with Gasteiger partial charge in [-0.3, -0.25) is 0 Å². The van der Waals surface area contributed by atoms with E-state index < -0.39 is 7.72 Å². The van der Waals surface area contributed by atoms with E-state index in [1.165, 1.54) is 27.1 Å². The SMILES string of the molecule is Cl[C]12[CH]3[CH]4[CH]5[C]1(Cl)[Ru]43521678[CH]2[CH]1[CH]6[CH]7[CH]28. The predicted octanol–water partition coefficient (Wildman–Crippen LogP) is 3.67. The van der Waals surface area contributed by atoms with E-state index in [1.807, 2.05) is 0 Å². The third-order valence-corrected chi connectivity index (χ3v) is 90.1. The van der Waals surface area contributed by atoms with Gasteiger partial charge in [0.05, 0.1) is 0 Å². The second kappa shape index (κ2) is 0.291. The fraction of sp³-hybridized carbons (Fsp3) is 1.00. The minimum atomic E-state index is -3.36. The van der Waals surface area contributed by atoms with Crippen molar-refractivity contribution in [3.05, 3.63) is 0 Å². The molecule has 70 valence electrons. The number of rotatable bonds is 0. The Morgan fingerprint density at radius 2 is 1.08 bits per heavy atom. The van der Waals surface area contributed by atoms with Crippen molar-refractivity contribution < 1.29 is 7.72 Å². The summed E-state index contributed by atoms with van der Waals surface area (Å²) in [5.41, 5.74) is 0. The topological polar surface area (TPSA) is 0 Å². The van der Waals surface area contributed by atoms with E-state index in [-0.39, 0.29) is 0 Å². The molecule has 0 nitrogen and oxygen atoms in total. The molecular weight excluding hydrogens is 292 g/mol. The summed E-state index contributed by atoms with van der Waals surface area (Å²) in [5, 5.41) is 0. The predicted molar refractivity (Wildman–Crippen MR) is 47.2 cm³/mol. The molecule has 10 aliphatic rings. The first-order valence-corrected chi connectivity index (χ1v) is 16.0. The zero-order valence-electron chi connectivity index (χ0n) is 6.73. The third kappa shape index (κ3) is 0.0318. The first-order chi connectivity index (χ1) is 5.94. The van der Waals surface area contributed by atoms with Crippen LogP contribution in [-0.2, 0) is 7.72 Å². The molecule has 10 saturated heterocycles. The van der Waals surface area contributed by atoms with E-state index >= 15 is 0 Å². The maximum atomic E-state index is 7.10. The Morgan fingerprint density at radius 1 is 0.692 bits per heavy atom. The Hall–Kier alpha value is 1.20. The van der Waals surface area contributed by atoms with Crippen LogP contribution in [0.1, 0.15) is 0 Å². The Kier molecular flexibility index (Phi) is 0.103. The van der Waals surface area contributed by atoms with Gasteiger partial charge in [-0.15, -0.1) is 0 Å². The van der Waals surface area contributed by atoms with Crippen molar-refractivity contribution in [2.45, 2.75) is 43.0 Å². The molecule has 10 aliphatic heterocycles. The molecule has 0 aromatic heterocycles. The van der Waals surface area contributed by atoms with Crippen LogP contribution in [0.4, 0.5) is 0 Å². The van der Waals surface area contributed by atoms with Crippen LogP contribution in [0.2, 0.25) is 36.1 Å². The van der Waals surface area contributed by atoms with Crippen molar-refractivity contribution in [3.63, 3.8) is 0 Å². The van der Waals surface area contributed by atoms with Crippen LogP contribution >= 0.6 is 23.2 Å². The van der Waals surface area contributed by atoms with E-state index in [4.69, 9.17) is 23.2 Å². The quantitative estimate of drug-likeness (QED) is 0.473.